The Hall–Kier alpha value is -1.35. The minimum Gasteiger partial charge on any atom is -0.353 e. The lowest BCUT2D eigenvalue weighted by atomic mass is 9.94. The van der Waals surface area contributed by atoms with Gasteiger partial charge in [-0.25, -0.2) is 0 Å². The first-order valence-electron chi connectivity index (χ1n) is 8.26. The maximum atomic E-state index is 12.4. The molecule has 1 aromatic rings. The second-order valence-electron chi connectivity index (χ2n) is 6.34. The summed E-state index contributed by atoms with van der Waals surface area (Å²) in [6.45, 7) is 2.09. The Bertz CT molecular complexity index is 432. The molecule has 0 aromatic heterocycles. The summed E-state index contributed by atoms with van der Waals surface area (Å²) < 4.78 is 0. The van der Waals surface area contributed by atoms with Gasteiger partial charge in [-0.15, -0.1) is 0 Å². The number of benzene rings is 1. The lowest BCUT2D eigenvalue weighted by Crippen LogP contribution is -2.44. The number of amides is 1. The summed E-state index contributed by atoms with van der Waals surface area (Å²) in [6, 6.07) is 10.7. The summed E-state index contributed by atoms with van der Waals surface area (Å²) in [5.74, 6) is 0.164. The zero-order valence-electron chi connectivity index (χ0n) is 13.1. The number of carbonyl (C=O) groups is 1. The summed E-state index contributed by atoms with van der Waals surface area (Å²) in [4.78, 5) is 12.4. The second kappa shape index (κ2) is 8.18. The molecule has 3 unspecified atom stereocenters. The number of hydrogen-bond acceptors (Lipinski definition) is 2. The summed E-state index contributed by atoms with van der Waals surface area (Å²) in [5, 5.41) is 3.16. The highest BCUT2D eigenvalue weighted by molar-refractivity contribution is 5.79. The zero-order valence-corrected chi connectivity index (χ0v) is 13.1. The van der Waals surface area contributed by atoms with Gasteiger partial charge in [0.2, 0.25) is 5.91 Å². The highest BCUT2D eigenvalue weighted by atomic mass is 16.2. The van der Waals surface area contributed by atoms with Crippen LogP contribution < -0.4 is 11.1 Å². The van der Waals surface area contributed by atoms with E-state index in [-0.39, 0.29) is 23.9 Å². The van der Waals surface area contributed by atoms with E-state index >= 15 is 0 Å². The second-order valence-corrected chi connectivity index (χ2v) is 6.34. The third kappa shape index (κ3) is 5.16. The van der Waals surface area contributed by atoms with Crippen molar-refractivity contribution in [1.29, 1.82) is 0 Å². The fourth-order valence-electron chi connectivity index (χ4n) is 3.11. The van der Waals surface area contributed by atoms with E-state index in [4.69, 9.17) is 5.73 Å². The maximum absolute atomic E-state index is 12.4. The van der Waals surface area contributed by atoms with Gasteiger partial charge in [-0.2, -0.15) is 0 Å². The van der Waals surface area contributed by atoms with Crippen molar-refractivity contribution in [3.63, 3.8) is 0 Å². The van der Waals surface area contributed by atoms with E-state index in [0.29, 0.717) is 0 Å². The molecule has 21 heavy (non-hydrogen) atoms. The first-order chi connectivity index (χ1) is 10.2. The smallest absolute Gasteiger partial charge is 0.224 e. The van der Waals surface area contributed by atoms with Crippen LogP contribution in [0.25, 0.3) is 0 Å². The monoisotopic (exact) mass is 288 g/mol. The molecule has 0 radical (unpaired) electrons. The molecular weight excluding hydrogens is 260 g/mol. The van der Waals surface area contributed by atoms with Crippen LogP contribution in [0.4, 0.5) is 0 Å². The number of nitrogens with two attached hydrogens (primary N) is 1. The van der Waals surface area contributed by atoms with E-state index in [2.05, 4.69) is 36.5 Å². The first kappa shape index (κ1) is 16.0. The Balaban J connectivity index is 1.78. The van der Waals surface area contributed by atoms with Crippen molar-refractivity contribution < 1.29 is 4.79 Å². The van der Waals surface area contributed by atoms with Crippen LogP contribution in [-0.4, -0.2) is 18.0 Å². The quantitative estimate of drug-likeness (QED) is 0.818. The van der Waals surface area contributed by atoms with Gasteiger partial charge in [-0.3, -0.25) is 4.79 Å². The summed E-state index contributed by atoms with van der Waals surface area (Å²) >= 11 is 0. The lowest BCUT2D eigenvalue weighted by Gasteiger charge is -2.23. The Kier molecular flexibility index (Phi) is 6.24. The fraction of sp³-hybridized carbons (Fsp3) is 0.611. The summed E-state index contributed by atoms with van der Waals surface area (Å²) in [7, 11) is 0. The summed E-state index contributed by atoms with van der Waals surface area (Å²) in [5.41, 5.74) is 7.48. The number of hydrogen-bond donors (Lipinski definition) is 2. The molecule has 0 spiro atoms. The standard InChI is InChI=1S/C18H28N2O/c1-14(12-13-15-8-4-2-5-9-15)20-18(21)16-10-6-3-7-11-17(16)19/h2,4-5,8-9,14,16-17H,3,6-7,10-13,19H2,1H3,(H,20,21). The highest BCUT2D eigenvalue weighted by Gasteiger charge is 2.27. The topological polar surface area (TPSA) is 55.1 Å². The lowest BCUT2D eigenvalue weighted by molar-refractivity contribution is -0.126. The molecule has 1 fully saturated rings. The maximum Gasteiger partial charge on any atom is 0.224 e. The van der Waals surface area contributed by atoms with E-state index in [1.807, 2.05) is 6.07 Å². The Morgan fingerprint density at radius 2 is 1.95 bits per heavy atom. The van der Waals surface area contributed by atoms with Crippen LogP contribution >= 0.6 is 0 Å². The number of nitrogens with one attached hydrogen (secondary N) is 1. The van der Waals surface area contributed by atoms with Crippen molar-refractivity contribution in [3.05, 3.63) is 35.9 Å². The van der Waals surface area contributed by atoms with Gasteiger partial charge < -0.3 is 11.1 Å². The molecule has 1 aliphatic carbocycles. The van der Waals surface area contributed by atoms with Crippen LogP contribution in [0.2, 0.25) is 0 Å². The van der Waals surface area contributed by atoms with E-state index in [1.165, 1.54) is 12.0 Å². The zero-order chi connectivity index (χ0) is 15.1. The SMILES string of the molecule is CC(CCc1ccccc1)NC(=O)C1CCCCCC1N. The largest absolute Gasteiger partial charge is 0.353 e. The predicted octanol–water partition coefficient (Wildman–Crippen LogP) is 3.03. The van der Waals surface area contributed by atoms with Gasteiger partial charge in [-0.1, -0.05) is 49.6 Å². The fourth-order valence-corrected chi connectivity index (χ4v) is 3.11. The molecule has 0 saturated heterocycles. The molecule has 3 nitrogen and oxygen atoms in total. The molecule has 116 valence electrons. The van der Waals surface area contributed by atoms with Crippen molar-refractivity contribution in [1.82, 2.24) is 5.32 Å². The summed E-state index contributed by atoms with van der Waals surface area (Å²) in [6.07, 6.45) is 7.39. The van der Waals surface area contributed by atoms with Crippen LogP contribution in [0.3, 0.4) is 0 Å². The predicted molar refractivity (Wildman–Crippen MR) is 86.9 cm³/mol. The van der Waals surface area contributed by atoms with Gasteiger partial charge in [-0.05, 0) is 38.2 Å². The minimum atomic E-state index is 0.00618. The number of rotatable bonds is 5. The Morgan fingerprint density at radius 3 is 2.71 bits per heavy atom. The van der Waals surface area contributed by atoms with Crippen molar-refractivity contribution in [2.45, 2.75) is 64.0 Å². The van der Waals surface area contributed by atoms with Crippen molar-refractivity contribution in [2.75, 3.05) is 0 Å². The minimum absolute atomic E-state index is 0.00618. The number of carbonyl (C=O) groups excluding carboxylic acids is 1. The third-order valence-corrected chi connectivity index (χ3v) is 4.50. The van der Waals surface area contributed by atoms with E-state index < -0.39 is 0 Å². The molecule has 0 bridgehead atoms. The molecule has 2 rings (SSSR count). The van der Waals surface area contributed by atoms with Crippen LogP contribution in [0.15, 0.2) is 30.3 Å². The van der Waals surface area contributed by atoms with Crippen molar-refractivity contribution >= 4 is 5.91 Å². The van der Waals surface area contributed by atoms with Crippen molar-refractivity contribution in [2.24, 2.45) is 11.7 Å². The molecule has 3 N–H and O–H groups in total. The molecule has 0 heterocycles. The molecule has 1 aromatic carbocycles. The normalized spacial score (nSPS) is 24.1. The highest BCUT2D eigenvalue weighted by Crippen LogP contribution is 2.22. The van der Waals surface area contributed by atoms with Gasteiger partial charge in [0, 0.05) is 12.1 Å². The molecule has 1 saturated carbocycles. The van der Waals surface area contributed by atoms with Crippen LogP contribution in [0.1, 0.15) is 51.0 Å². The Morgan fingerprint density at radius 1 is 1.24 bits per heavy atom. The van der Waals surface area contributed by atoms with Gasteiger partial charge >= 0.3 is 0 Å². The first-order valence-corrected chi connectivity index (χ1v) is 8.26. The Labute approximate surface area is 128 Å². The molecule has 1 aliphatic rings. The average molecular weight is 288 g/mol. The third-order valence-electron chi connectivity index (χ3n) is 4.50. The van der Waals surface area contributed by atoms with Crippen LogP contribution in [-0.2, 0) is 11.2 Å². The molecule has 1 amide bonds. The van der Waals surface area contributed by atoms with Crippen LogP contribution in [0.5, 0.6) is 0 Å². The van der Waals surface area contributed by atoms with E-state index in [9.17, 15) is 4.79 Å². The van der Waals surface area contributed by atoms with Crippen molar-refractivity contribution in [3.8, 4) is 0 Å². The average Bonchev–Trinajstić information content (AvgIpc) is 2.71. The molecular formula is C18H28N2O. The van der Waals surface area contributed by atoms with Gasteiger partial charge in [0.1, 0.15) is 0 Å². The van der Waals surface area contributed by atoms with E-state index in [1.54, 1.807) is 0 Å². The molecule has 3 heteroatoms. The van der Waals surface area contributed by atoms with Gasteiger partial charge in [0.15, 0.2) is 0 Å². The molecule has 3 atom stereocenters. The number of aryl methyl sites for hydroxylation is 1. The van der Waals surface area contributed by atoms with E-state index in [0.717, 1.165) is 38.5 Å². The van der Waals surface area contributed by atoms with Crippen LogP contribution in [0, 0.1) is 5.92 Å². The van der Waals surface area contributed by atoms with Gasteiger partial charge in [0.25, 0.3) is 0 Å². The molecule has 0 aliphatic heterocycles. The van der Waals surface area contributed by atoms with Gasteiger partial charge in [0.05, 0.1) is 5.92 Å².